The second-order valence-electron chi connectivity index (χ2n) is 6.43. The maximum atomic E-state index is 13.6. The van der Waals surface area contributed by atoms with Crippen LogP contribution in [0.5, 0.6) is 0 Å². The number of pyridine rings is 1. The first-order valence-corrected chi connectivity index (χ1v) is 9.81. The van der Waals surface area contributed by atoms with Gasteiger partial charge in [0, 0.05) is 28.9 Å². The quantitative estimate of drug-likeness (QED) is 0.345. The van der Waals surface area contributed by atoms with E-state index in [-0.39, 0.29) is 5.78 Å². The van der Waals surface area contributed by atoms with Crippen LogP contribution in [0.4, 0.5) is 0 Å². The maximum absolute atomic E-state index is 13.6. The lowest BCUT2D eigenvalue weighted by Gasteiger charge is -2.14. The number of hydrogen-bond acceptors (Lipinski definition) is 4. The fraction of sp³-hybridized carbons (Fsp3) is 0.0455. The second-order valence-corrected chi connectivity index (χ2v) is 7.50. The number of nitrogens with one attached hydrogen (secondary N) is 1. The molecule has 0 fully saturated rings. The van der Waals surface area contributed by atoms with E-state index in [1.165, 1.54) is 11.8 Å². The molecule has 0 amide bonds. The highest BCUT2D eigenvalue weighted by molar-refractivity contribution is 8.00. The molecule has 1 atom stereocenters. The zero-order valence-corrected chi connectivity index (χ0v) is 15.6. The number of ketones is 1. The summed E-state index contributed by atoms with van der Waals surface area (Å²) in [6, 6.07) is 23.4. The zero-order chi connectivity index (χ0) is 18.9. The minimum absolute atomic E-state index is 0.0429. The van der Waals surface area contributed by atoms with Crippen molar-refractivity contribution < 1.29 is 4.79 Å². The van der Waals surface area contributed by atoms with Gasteiger partial charge in [0.2, 0.25) is 0 Å². The average molecular weight is 384 g/mol. The van der Waals surface area contributed by atoms with Crippen LogP contribution in [0, 0.1) is 0 Å². The van der Waals surface area contributed by atoms with Crippen LogP contribution >= 0.6 is 11.8 Å². The first-order valence-electron chi connectivity index (χ1n) is 8.93. The number of hydrogen-bond donors (Lipinski definition) is 1. The lowest BCUT2D eigenvalue weighted by molar-refractivity contribution is 0.0991. The number of H-pyrrole nitrogens is 1. The summed E-state index contributed by atoms with van der Waals surface area (Å²) < 4.78 is 1.91. The van der Waals surface area contributed by atoms with Crippen molar-refractivity contribution in [2.24, 2.45) is 0 Å². The van der Waals surface area contributed by atoms with Crippen molar-refractivity contribution in [3.05, 3.63) is 96.3 Å². The Kier molecular flexibility index (Phi) is 4.18. The predicted molar refractivity (Wildman–Crippen MR) is 111 cm³/mol. The number of aromatic nitrogens is 4. The summed E-state index contributed by atoms with van der Waals surface area (Å²) in [5, 5.41) is 9.71. The molecule has 0 aliphatic rings. The van der Waals surface area contributed by atoms with E-state index >= 15 is 0 Å². The highest BCUT2D eigenvalue weighted by Crippen LogP contribution is 2.38. The number of thioether (sulfide) groups is 1. The Morgan fingerprint density at radius 3 is 2.61 bits per heavy atom. The van der Waals surface area contributed by atoms with Gasteiger partial charge in [-0.15, -0.1) is 10.2 Å². The molecule has 6 heteroatoms. The Balaban J connectivity index is 1.60. The van der Waals surface area contributed by atoms with Gasteiger partial charge >= 0.3 is 0 Å². The van der Waals surface area contributed by atoms with Gasteiger partial charge in [-0.2, -0.15) is 0 Å². The highest BCUT2D eigenvalue weighted by atomic mass is 32.2. The molecule has 0 spiro atoms. The van der Waals surface area contributed by atoms with Crippen LogP contribution < -0.4 is 0 Å². The molecule has 0 radical (unpaired) electrons. The van der Waals surface area contributed by atoms with Gasteiger partial charge in [0.15, 0.2) is 16.6 Å². The van der Waals surface area contributed by atoms with Crippen molar-refractivity contribution in [1.29, 1.82) is 0 Å². The van der Waals surface area contributed by atoms with E-state index in [9.17, 15) is 4.79 Å². The molecule has 0 bridgehead atoms. The topological polar surface area (TPSA) is 63.0 Å². The summed E-state index contributed by atoms with van der Waals surface area (Å²) >= 11 is 1.42. The van der Waals surface area contributed by atoms with E-state index in [1.807, 2.05) is 83.4 Å². The summed E-state index contributed by atoms with van der Waals surface area (Å²) in [6.07, 6.45) is 3.71. The SMILES string of the molecule is O=C(c1c[nH]c2ccccc12)C(Sc1nnc2ccccn12)c1ccccc1. The Morgan fingerprint density at radius 1 is 0.929 bits per heavy atom. The summed E-state index contributed by atoms with van der Waals surface area (Å²) in [5.74, 6) is 0.0429. The van der Waals surface area contributed by atoms with Crippen LogP contribution in [-0.4, -0.2) is 25.4 Å². The van der Waals surface area contributed by atoms with Gasteiger partial charge in [-0.25, -0.2) is 0 Å². The Hall–Kier alpha value is -3.38. The molecule has 0 saturated carbocycles. The van der Waals surface area contributed by atoms with Crippen molar-refractivity contribution in [3.63, 3.8) is 0 Å². The van der Waals surface area contributed by atoms with Crippen molar-refractivity contribution in [2.45, 2.75) is 10.4 Å². The second kappa shape index (κ2) is 6.98. The summed E-state index contributed by atoms with van der Waals surface area (Å²) in [5.41, 5.74) is 3.34. The van der Waals surface area contributed by atoms with Gasteiger partial charge in [0.05, 0.1) is 0 Å². The first-order chi connectivity index (χ1) is 13.8. The van der Waals surface area contributed by atoms with Crippen molar-refractivity contribution in [1.82, 2.24) is 19.6 Å². The molecule has 5 nitrogen and oxygen atoms in total. The highest BCUT2D eigenvalue weighted by Gasteiger charge is 2.27. The maximum Gasteiger partial charge on any atom is 0.196 e. The lowest BCUT2D eigenvalue weighted by Crippen LogP contribution is -2.10. The number of carbonyl (C=O) groups is 1. The summed E-state index contributed by atoms with van der Waals surface area (Å²) in [6.45, 7) is 0. The first kappa shape index (κ1) is 16.8. The molecule has 1 unspecified atom stereocenters. The fourth-order valence-electron chi connectivity index (χ4n) is 3.32. The van der Waals surface area contributed by atoms with Gasteiger partial charge in [-0.3, -0.25) is 9.20 Å². The number of benzene rings is 2. The Bertz CT molecular complexity index is 1280. The van der Waals surface area contributed by atoms with Gasteiger partial charge in [-0.05, 0) is 23.8 Å². The minimum Gasteiger partial charge on any atom is -0.360 e. The lowest BCUT2D eigenvalue weighted by atomic mass is 10.0. The molecule has 136 valence electrons. The van der Waals surface area contributed by atoms with Crippen LogP contribution in [0.3, 0.4) is 0 Å². The number of carbonyl (C=O) groups excluding carboxylic acids is 1. The predicted octanol–water partition coefficient (Wildman–Crippen LogP) is 4.93. The summed E-state index contributed by atoms with van der Waals surface area (Å²) in [7, 11) is 0. The number of aromatic amines is 1. The van der Waals surface area contributed by atoms with Crippen molar-refractivity contribution >= 4 is 34.1 Å². The van der Waals surface area contributed by atoms with Crippen molar-refractivity contribution in [3.8, 4) is 0 Å². The minimum atomic E-state index is -0.423. The molecule has 0 aliphatic carbocycles. The van der Waals surface area contributed by atoms with Gasteiger partial charge in [-0.1, -0.05) is 66.4 Å². The third-order valence-electron chi connectivity index (χ3n) is 4.70. The molecule has 3 aromatic heterocycles. The molecule has 2 aromatic carbocycles. The average Bonchev–Trinajstić information content (AvgIpc) is 3.36. The molecule has 0 saturated heterocycles. The van der Waals surface area contributed by atoms with Crippen LogP contribution in [0.25, 0.3) is 16.6 Å². The molecule has 1 N–H and O–H groups in total. The van der Waals surface area contributed by atoms with Crippen LogP contribution in [0.15, 0.2) is 90.3 Å². The molecular weight excluding hydrogens is 368 g/mol. The monoisotopic (exact) mass is 384 g/mol. The normalized spacial score (nSPS) is 12.4. The van der Waals surface area contributed by atoms with E-state index in [4.69, 9.17) is 0 Å². The molecule has 3 heterocycles. The number of nitrogens with zero attached hydrogens (tertiary/aromatic N) is 3. The third kappa shape index (κ3) is 2.88. The number of fused-ring (bicyclic) bond motifs is 2. The van der Waals surface area contributed by atoms with E-state index in [2.05, 4.69) is 15.2 Å². The van der Waals surface area contributed by atoms with Gasteiger partial charge < -0.3 is 4.98 Å². The molecule has 5 aromatic rings. The molecular formula is C22H16N4OS. The Labute approximate surface area is 165 Å². The summed E-state index contributed by atoms with van der Waals surface area (Å²) in [4.78, 5) is 16.8. The van der Waals surface area contributed by atoms with Crippen LogP contribution in [0.2, 0.25) is 0 Å². The van der Waals surface area contributed by atoms with Gasteiger partial charge in [0.25, 0.3) is 0 Å². The zero-order valence-electron chi connectivity index (χ0n) is 14.8. The van der Waals surface area contributed by atoms with E-state index in [0.29, 0.717) is 10.7 Å². The number of para-hydroxylation sites is 1. The van der Waals surface area contributed by atoms with E-state index in [1.54, 1.807) is 6.20 Å². The number of Topliss-reactive ketones (excluding diaryl/α,β-unsaturated/α-hetero) is 1. The molecule has 28 heavy (non-hydrogen) atoms. The largest absolute Gasteiger partial charge is 0.360 e. The van der Waals surface area contributed by atoms with Crippen LogP contribution in [0.1, 0.15) is 21.2 Å². The standard InChI is InChI=1S/C22H16N4OS/c27-20(17-14-23-18-11-5-4-10-16(17)18)21(15-8-2-1-3-9-15)28-22-25-24-19-12-6-7-13-26(19)22/h1-14,21,23H. The molecule has 0 aliphatic heterocycles. The Morgan fingerprint density at radius 2 is 1.71 bits per heavy atom. The van der Waals surface area contributed by atoms with Gasteiger partial charge in [0.1, 0.15) is 5.25 Å². The third-order valence-corrected chi connectivity index (χ3v) is 5.91. The molecule has 5 rings (SSSR count). The van der Waals surface area contributed by atoms with Crippen molar-refractivity contribution in [2.75, 3.05) is 0 Å². The smallest absolute Gasteiger partial charge is 0.196 e. The van der Waals surface area contributed by atoms with Crippen LogP contribution in [-0.2, 0) is 0 Å². The van der Waals surface area contributed by atoms with E-state index < -0.39 is 5.25 Å². The number of rotatable bonds is 5. The van der Waals surface area contributed by atoms with E-state index in [0.717, 1.165) is 22.1 Å². The fourth-order valence-corrected chi connectivity index (χ4v) is 4.42.